The molecule has 7 heavy (non-hydrogen) atoms. The van der Waals surface area contributed by atoms with E-state index in [0.29, 0.717) is 0 Å². The summed E-state index contributed by atoms with van der Waals surface area (Å²) in [5.74, 6) is 6.40. The van der Waals surface area contributed by atoms with Gasteiger partial charge in [0, 0.05) is 11.8 Å². The van der Waals surface area contributed by atoms with Crippen LogP contribution >= 0.6 is 11.8 Å². The molecule has 0 amide bonds. The quantitative estimate of drug-likeness (QED) is 0.394. The zero-order valence-corrected chi connectivity index (χ0v) is 5.00. The van der Waals surface area contributed by atoms with Gasteiger partial charge in [0.2, 0.25) is 0 Å². The molecular weight excluding hydrogens is 108 g/mol. The summed E-state index contributed by atoms with van der Waals surface area (Å²) in [5.41, 5.74) is 2.65. The van der Waals surface area contributed by atoms with Crippen LogP contribution in [-0.4, -0.2) is 17.5 Å². The second kappa shape index (κ2) is 2.55. The summed E-state index contributed by atoms with van der Waals surface area (Å²) in [6.07, 6.45) is 1.34. The van der Waals surface area contributed by atoms with Gasteiger partial charge in [-0.05, 0) is 12.2 Å². The lowest BCUT2D eigenvalue weighted by Gasteiger charge is -2.23. The number of hydrazine groups is 1. The first-order valence-corrected chi connectivity index (χ1v) is 3.53. The highest BCUT2D eigenvalue weighted by Gasteiger charge is 2.15. The van der Waals surface area contributed by atoms with E-state index in [0.717, 1.165) is 11.8 Å². The van der Waals surface area contributed by atoms with Crippen LogP contribution in [0.15, 0.2) is 0 Å². The summed E-state index contributed by atoms with van der Waals surface area (Å²) in [5, 5.41) is 0.810. The van der Waals surface area contributed by atoms with Crippen molar-refractivity contribution in [2.45, 2.75) is 11.7 Å². The maximum Gasteiger partial charge on any atom is 0.0217 e. The first kappa shape index (κ1) is 5.41. The Balaban J connectivity index is 1.93. The van der Waals surface area contributed by atoms with Gasteiger partial charge in [-0.2, -0.15) is 11.8 Å². The molecule has 0 aromatic heterocycles. The van der Waals surface area contributed by atoms with Crippen molar-refractivity contribution in [1.82, 2.24) is 5.43 Å². The third-order valence-corrected chi connectivity index (χ3v) is 2.48. The Morgan fingerprint density at radius 1 is 1.86 bits per heavy atom. The standard InChI is InChI=1S/C4H10N2S/c5-6-3-4-1-2-7-4/h4,6H,1-3,5H2. The number of rotatable bonds is 2. The average molecular weight is 118 g/mol. The van der Waals surface area contributed by atoms with Gasteiger partial charge >= 0.3 is 0 Å². The topological polar surface area (TPSA) is 38.0 Å². The Kier molecular flexibility index (Phi) is 1.97. The van der Waals surface area contributed by atoms with E-state index in [4.69, 9.17) is 5.84 Å². The molecule has 0 spiro atoms. The van der Waals surface area contributed by atoms with Crippen molar-refractivity contribution < 1.29 is 0 Å². The van der Waals surface area contributed by atoms with Crippen LogP contribution in [0.4, 0.5) is 0 Å². The zero-order chi connectivity index (χ0) is 5.11. The van der Waals surface area contributed by atoms with Crippen LogP contribution in [0.1, 0.15) is 6.42 Å². The molecule has 1 heterocycles. The maximum atomic E-state index is 5.08. The molecule has 1 atom stereocenters. The van der Waals surface area contributed by atoms with Gasteiger partial charge < -0.3 is 0 Å². The van der Waals surface area contributed by atoms with E-state index in [2.05, 4.69) is 5.43 Å². The summed E-state index contributed by atoms with van der Waals surface area (Å²) < 4.78 is 0. The predicted octanol–water partition coefficient (Wildman–Crippen LogP) is -0.0448. The molecule has 3 heteroatoms. The average Bonchev–Trinajstić information content (AvgIpc) is 1.55. The maximum absolute atomic E-state index is 5.08. The lowest BCUT2D eigenvalue weighted by Crippen LogP contribution is -2.34. The van der Waals surface area contributed by atoms with E-state index < -0.39 is 0 Å². The first-order chi connectivity index (χ1) is 3.43. The molecular formula is C4H10N2S. The van der Waals surface area contributed by atoms with Crippen LogP contribution in [-0.2, 0) is 0 Å². The molecule has 42 valence electrons. The fourth-order valence-electron chi connectivity index (χ4n) is 0.577. The van der Waals surface area contributed by atoms with Gasteiger partial charge in [0.25, 0.3) is 0 Å². The molecule has 1 saturated heterocycles. The summed E-state index contributed by atoms with van der Waals surface area (Å²) >= 11 is 1.99. The molecule has 3 N–H and O–H groups in total. The largest absolute Gasteiger partial charge is 0.271 e. The van der Waals surface area contributed by atoms with E-state index in [-0.39, 0.29) is 0 Å². The van der Waals surface area contributed by atoms with E-state index in [9.17, 15) is 0 Å². The fourth-order valence-corrected chi connectivity index (χ4v) is 1.36. The van der Waals surface area contributed by atoms with Gasteiger partial charge in [-0.1, -0.05) is 0 Å². The van der Waals surface area contributed by atoms with Crippen molar-refractivity contribution in [1.29, 1.82) is 0 Å². The number of nitrogens with one attached hydrogen (secondary N) is 1. The minimum Gasteiger partial charge on any atom is -0.271 e. The summed E-state index contributed by atoms with van der Waals surface area (Å²) in [6, 6.07) is 0. The van der Waals surface area contributed by atoms with Gasteiger partial charge in [-0.25, -0.2) is 0 Å². The van der Waals surface area contributed by atoms with Crippen molar-refractivity contribution in [3.8, 4) is 0 Å². The molecule has 1 aliphatic heterocycles. The van der Waals surface area contributed by atoms with Crippen molar-refractivity contribution in [2.24, 2.45) is 5.84 Å². The third-order valence-electron chi connectivity index (χ3n) is 1.14. The lowest BCUT2D eigenvalue weighted by atomic mass is 10.3. The van der Waals surface area contributed by atoms with Crippen molar-refractivity contribution in [2.75, 3.05) is 12.3 Å². The molecule has 1 fully saturated rings. The van der Waals surface area contributed by atoms with Crippen LogP contribution in [0.5, 0.6) is 0 Å². The molecule has 0 aromatic rings. The number of hydrogen-bond donors (Lipinski definition) is 2. The van der Waals surface area contributed by atoms with Crippen molar-refractivity contribution in [3.05, 3.63) is 0 Å². The Hall–Kier alpha value is 0.270. The van der Waals surface area contributed by atoms with Gasteiger partial charge in [-0.15, -0.1) is 0 Å². The minimum absolute atomic E-state index is 0.810. The van der Waals surface area contributed by atoms with E-state index in [1.54, 1.807) is 0 Å². The lowest BCUT2D eigenvalue weighted by molar-refractivity contribution is 0.664. The van der Waals surface area contributed by atoms with Crippen LogP contribution < -0.4 is 11.3 Å². The van der Waals surface area contributed by atoms with Gasteiger partial charge in [0.15, 0.2) is 0 Å². The van der Waals surface area contributed by atoms with Crippen LogP contribution in [0.25, 0.3) is 0 Å². The number of hydrogen-bond acceptors (Lipinski definition) is 3. The highest BCUT2D eigenvalue weighted by Crippen LogP contribution is 2.26. The molecule has 0 saturated carbocycles. The van der Waals surface area contributed by atoms with E-state index in [1.165, 1.54) is 12.2 Å². The number of nitrogens with two attached hydrogens (primary N) is 1. The summed E-state index contributed by atoms with van der Waals surface area (Å²) in [4.78, 5) is 0. The van der Waals surface area contributed by atoms with Gasteiger partial charge in [0.05, 0.1) is 0 Å². The smallest absolute Gasteiger partial charge is 0.0217 e. The van der Waals surface area contributed by atoms with E-state index >= 15 is 0 Å². The Bertz CT molecular complexity index is 53.7. The van der Waals surface area contributed by atoms with Crippen molar-refractivity contribution in [3.63, 3.8) is 0 Å². The van der Waals surface area contributed by atoms with Gasteiger partial charge in [-0.3, -0.25) is 11.3 Å². The van der Waals surface area contributed by atoms with Crippen LogP contribution in [0.2, 0.25) is 0 Å². The second-order valence-electron chi connectivity index (χ2n) is 1.69. The molecule has 0 radical (unpaired) electrons. The van der Waals surface area contributed by atoms with E-state index in [1.807, 2.05) is 11.8 Å². The monoisotopic (exact) mass is 118 g/mol. The van der Waals surface area contributed by atoms with Gasteiger partial charge in [0.1, 0.15) is 0 Å². The molecule has 0 aromatic carbocycles. The molecule has 0 bridgehead atoms. The van der Waals surface area contributed by atoms with Crippen molar-refractivity contribution >= 4 is 11.8 Å². The molecule has 2 nitrogen and oxygen atoms in total. The third kappa shape index (κ3) is 1.33. The second-order valence-corrected chi connectivity index (χ2v) is 3.10. The number of thioether (sulfide) groups is 1. The minimum atomic E-state index is 0.810. The van der Waals surface area contributed by atoms with Crippen LogP contribution in [0, 0.1) is 0 Å². The Labute approximate surface area is 47.8 Å². The highest BCUT2D eigenvalue weighted by molar-refractivity contribution is 8.01. The molecule has 0 aliphatic carbocycles. The summed E-state index contributed by atoms with van der Waals surface area (Å²) in [6.45, 7) is 0.977. The highest BCUT2D eigenvalue weighted by atomic mass is 32.2. The normalized spacial score (nSPS) is 29.6. The predicted molar refractivity (Wildman–Crippen MR) is 33.1 cm³/mol. The first-order valence-electron chi connectivity index (χ1n) is 2.48. The zero-order valence-electron chi connectivity index (χ0n) is 4.18. The van der Waals surface area contributed by atoms with Crippen LogP contribution in [0.3, 0.4) is 0 Å². The molecule has 1 aliphatic rings. The summed E-state index contributed by atoms with van der Waals surface area (Å²) in [7, 11) is 0. The fraction of sp³-hybridized carbons (Fsp3) is 1.00. The Morgan fingerprint density at radius 2 is 2.57 bits per heavy atom. The molecule has 1 rings (SSSR count). The SMILES string of the molecule is NNCC1CCS1. The molecule has 1 unspecified atom stereocenters. The Morgan fingerprint density at radius 3 is 2.71 bits per heavy atom.